The fourth-order valence-corrected chi connectivity index (χ4v) is 1.96. The average molecular weight is 265 g/mol. The minimum absolute atomic E-state index is 0.567. The second-order valence-electron chi connectivity index (χ2n) is 4.31. The van der Waals surface area contributed by atoms with E-state index in [0.717, 1.165) is 23.2 Å². The van der Waals surface area contributed by atoms with Gasteiger partial charge in [0.2, 0.25) is 11.8 Å². The summed E-state index contributed by atoms with van der Waals surface area (Å²) in [7, 11) is 0. The van der Waals surface area contributed by atoms with Crippen molar-refractivity contribution in [2.24, 2.45) is 0 Å². The summed E-state index contributed by atoms with van der Waals surface area (Å²) in [6.07, 6.45) is 0. The molecule has 0 amide bonds. The number of hydrogen-bond acceptors (Lipinski definition) is 4. The van der Waals surface area contributed by atoms with E-state index in [1.807, 2.05) is 61.5 Å². The number of nitrogens with zero attached hydrogens (tertiary/aromatic N) is 2. The zero-order valence-corrected chi connectivity index (χ0v) is 11.2. The van der Waals surface area contributed by atoms with Gasteiger partial charge in [-0.1, -0.05) is 30.3 Å². The normalized spacial score (nSPS) is 10.4. The van der Waals surface area contributed by atoms with Crippen LogP contribution in [0.15, 0.2) is 54.6 Å². The standard InChI is InChI=1S/C16H15N3O/c1-2-17-16-18-14-11-7-6-10-13(14)15(19-16)20-12-8-4-3-5-9-12/h3-11H,2H2,1H3,(H,17,18,19). The number of aromatic nitrogens is 2. The average Bonchev–Trinajstić information content (AvgIpc) is 2.49. The number of hydrogen-bond donors (Lipinski definition) is 1. The fraction of sp³-hybridized carbons (Fsp3) is 0.125. The Morgan fingerprint density at radius 1 is 0.950 bits per heavy atom. The molecule has 0 saturated carbocycles. The van der Waals surface area contributed by atoms with Crippen LogP contribution >= 0.6 is 0 Å². The molecule has 4 heteroatoms. The molecule has 0 aliphatic rings. The highest BCUT2D eigenvalue weighted by molar-refractivity contribution is 5.84. The molecule has 0 spiro atoms. The Morgan fingerprint density at radius 3 is 2.50 bits per heavy atom. The summed E-state index contributed by atoms with van der Waals surface area (Å²) in [5.74, 6) is 1.91. The topological polar surface area (TPSA) is 47.0 Å². The lowest BCUT2D eigenvalue weighted by Crippen LogP contribution is -2.03. The molecule has 100 valence electrons. The van der Waals surface area contributed by atoms with E-state index in [0.29, 0.717) is 11.8 Å². The molecule has 0 saturated heterocycles. The molecule has 2 aromatic carbocycles. The molecule has 3 aromatic rings. The van der Waals surface area contributed by atoms with Crippen LogP contribution in [0.3, 0.4) is 0 Å². The van der Waals surface area contributed by atoms with Crippen molar-refractivity contribution in [1.82, 2.24) is 9.97 Å². The lowest BCUT2D eigenvalue weighted by molar-refractivity contribution is 0.469. The third-order valence-corrected chi connectivity index (χ3v) is 2.86. The predicted molar refractivity (Wildman–Crippen MR) is 80.2 cm³/mol. The van der Waals surface area contributed by atoms with Crippen molar-refractivity contribution in [2.45, 2.75) is 6.92 Å². The van der Waals surface area contributed by atoms with Crippen LogP contribution in [-0.4, -0.2) is 16.5 Å². The SMILES string of the molecule is CCNc1nc(Oc2ccccc2)c2ccccc2n1. The first kappa shape index (κ1) is 12.4. The Labute approximate surface area is 117 Å². The van der Waals surface area contributed by atoms with Crippen LogP contribution in [0.25, 0.3) is 10.9 Å². The Kier molecular flexibility index (Phi) is 3.46. The van der Waals surface area contributed by atoms with Gasteiger partial charge in [0.05, 0.1) is 10.9 Å². The van der Waals surface area contributed by atoms with E-state index >= 15 is 0 Å². The molecule has 20 heavy (non-hydrogen) atoms. The fourth-order valence-electron chi connectivity index (χ4n) is 1.96. The first-order valence-corrected chi connectivity index (χ1v) is 6.60. The van der Waals surface area contributed by atoms with E-state index in [4.69, 9.17) is 4.74 Å². The Hall–Kier alpha value is -2.62. The van der Waals surface area contributed by atoms with Crippen LogP contribution in [0, 0.1) is 0 Å². The van der Waals surface area contributed by atoms with Crippen molar-refractivity contribution in [3.8, 4) is 11.6 Å². The minimum atomic E-state index is 0.567. The minimum Gasteiger partial charge on any atom is -0.438 e. The molecule has 1 aromatic heterocycles. The maximum Gasteiger partial charge on any atom is 0.231 e. The highest BCUT2D eigenvalue weighted by atomic mass is 16.5. The summed E-state index contributed by atoms with van der Waals surface area (Å²) < 4.78 is 5.89. The molecule has 3 rings (SSSR count). The maximum atomic E-state index is 5.89. The summed E-state index contributed by atoms with van der Waals surface area (Å²) in [5, 5.41) is 4.02. The van der Waals surface area contributed by atoms with Crippen molar-refractivity contribution >= 4 is 16.9 Å². The molecule has 0 atom stereocenters. The number of benzene rings is 2. The molecule has 4 nitrogen and oxygen atoms in total. The Bertz CT molecular complexity index is 713. The largest absolute Gasteiger partial charge is 0.438 e. The van der Waals surface area contributed by atoms with E-state index < -0.39 is 0 Å². The van der Waals surface area contributed by atoms with Gasteiger partial charge in [0.25, 0.3) is 0 Å². The van der Waals surface area contributed by atoms with E-state index in [1.54, 1.807) is 0 Å². The zero-order chi connectivity index (χ0) is 13.8. The van der Waals surface area contributed by atoms with Gasteiger partial charge in [-0.2, -0.15) is 4.98 Å². The maximum absolute atomic E-state index is 5.89. The summed E-state index contributed by atoms with van der Waals surface area (Å²) in [5.41, 5.74) is 0.865. The predicted octanol–water partition coefficient (Wildman–Crippen LogP) is 3.85. The van der Waals surface area contributed by atoms with Crippen LogP contribution in [0.5, 0.6) is 11.6 Å². The quantitative estimate of drug-likeness (QED) is 0.778. The number of ether oxygens (including phenoxy) is 1. The monoisotopic (exact) mass is 265 g/mol. The van der Waals surface area contributed by atoms with Gasteiger partial charge < -0.3 is 10.1 Å². The second-order valence-corrected chi connectivity index (χ2v) is 4.31. The van der Waals surface area contributed by atoms with Gasteiger partial charge in [-0.25, -0.2) is 4.98 Å². The van der Waals surface area contributed by atoms with Crippen molar-refractivity contribution in [3.63, 3.8) is 0 Å². The highest BCUT2D eigenvalue weighted by Crippen LogP contribution is 2.28. The van der Waals surface area contributed by atoms with Gasteiger partial charge in [0.1, 0.15) is 5.75 Å². The van der Waals surface area contributed by atoms with Crippen molar-refractivity contribution in [3.05, 3.63) is 54.6 Å². The molecular formula is C16H15N3O. The van der Waals surface area contributed by atoms with Gasteiger partial charge in [-0.15, -0.1) is 0 Å². The molecular weight excluding hydrogens is 250 g/mol. The molecule has 1 heterocycles. The summed E-state index contributed by atoms with van der Waals surface area (Å²) in [6, 6.07) is 17.5. The van der Waals surface area contributed by atoms with Gasteiger partial charge in [0.15, 0.2) is 0 Å². The van der Waals surface area contributed by atoms with E-state index in [-0.39, 0.29) is 0 Å². The summed E-state index contributed by atoms with van der Waals surface area (Å²) in [4.78, 5) is 8.91. The van der Waals surface area contributed by atoms with Crippen molar-refractivity contribution in [1.29, 1.82) is 0 Å². The van der Waals surface area contributed by atoms with Gasteiger partial charge in [0, 0.05) is 6.54 Å². The first-order valence-electron chi connectivity index (χ1n) is 6.60. The van der Waals surface area contributed by atoms with Gasteiger partial charge >= 0.3 is 0 Å². The molecule has 0 aliphatic heterocycles. The summed E-state index contributed by atoms with van der Waals surface area (Å²) in [6.45, 7) is 2.78. The number of rotatable bonds is 4. The van der Waals surface area contributed by atoms with Crippen LogP contribution in [0.4, 0.5) is 5.95 Å². The number of anilines is 1. The molecule has 0 fully saturated rings. The van der Waals surface area contributed by atoms with Gasteiger partial charge in [-0.3, -0.25) is 0 Å². The van der Waals surface area contributed by atoms with E-state index in [1.165, 1.54) is 0 Å². The Balaban J connectivity index is 2.07. The molecule has 0 radical (unpaired) electrons. The van der Waals surface area contributed by atoms with Crippen LogP contribution in [0.2, 0.25) is 0 Å². The van der Waals surface area contributed by atoms with Crippen LogP contribution in [-0.2, 0) is 0 Å². The third kappa shape index (κ3) is 2.54. The highest BCUT2D eigenvalue weighted by Gasteiger charge is 2.08. The number of nitrogens with one attached hydrogen (secondary N) is 1. The number of fused-ring (bicyclic) bond motifs is 1. The second kappa shape index (κ2) is 5.57. The lowest BCUT2D eigenvalue weighted by atomic mass is 10.2. The van der Waals surface area contributed by atoms with Crippen molar-refractivity contribution < 1.29 is 4.74 Å². The van der Waals surface area contributed by atoms with E-state index in [2.05, 4.69) is 15.3 Å². The molecule has 0 aliphatic carbocycles. The lowest BCUT2D eigenvalue weighted by Gasteiger charge is -2.10. The molecule has 1 N–H and O–H groups in total. The zero-order valence-electron chi connectivity index (χ0n) is 11.2. The van der Waals surface area contributed by atoms with Gasteiger partial charge in [-0.05, 0) is 31.2 Å². The molecule has 0 unspecified atom stereocenters. The third-order valence-electron chi connectivity index (χ3n) is 2.86. The smallest absolute Gasteiger partial charge is 0.231 e. The number of para-hydroxylation sites is 2. The Morgan fingerprint density at radius 2 is 1.70 bits per heavy atom. The summed E-state index contributed by atoms with van der Waals surface area (Å²) >= 11 is 0. The molecule has 0 bridgehead atoms. The van der Waals surface area contributed by atoms with E-state index in [9.17, 15) is 0 Å². The first-order chi connectivity index (χ1) is 9.86. The van der Waals surface area contributed by atoms with Crippen LogP contribution in [0.1, 0.15) is 6.92 Å². The van der Waals surface area contributed by atoms with Crippen molar-refractivity contribution in [2.75, 3.05) is 11.9 Å². The van der Waals surface area contributed by atoms with Crippen LogP contribution < -0.4 is 10.1 Å².